The lowest BCUT2D eigenvalue weighted by molar-refractivity contribution is 0.240. The lowest BCUT2D eigenvalue weighted by atomic mass is 9.88. The molecule has 0 fully saturated rings. The normalized spacial score (nSPS) is 15.0. The number of methoxy groups -OCH3 is 2. The highest BCUT2D eigenvalue weighted by atomic mass is 79.9. The zero-order valence-corrected chi connectivity index (χ0v) is 18.8. The van der Waals surface area contributed by atoms with E-state index in [4.69, 9.17) is 19.3 Å². The van der Waals surface area contributed by atoms with Gasteiger partial charge in [-0.25, -0.2) is 13.6 Å². The molecule has 1 aliphatic heterocycles. The second-order valence-electron chi connectivity index (χ2n) is 6.92. The molecule has 0 aliphatic carbocycles. The smallest absolute Gasteiger partial charge is 0.213 e. The van der Waals surface area contributed by atoms with Crippen molar-refractivity contribution in [1.82, 2.24) is 0 Å². The Balaban J connectivity index is 1.98. The number of primary sulfonamides is 1. The van der Waals surface area contributed by atoms with E-state index in [0.29, 0.717) is 27.3 Å². The predicted octanol–water partition coefficient (Wildman–Crippen LogP) is 4.40. The van der Waals surface area contributed by atoms with Gasteiger partial charge in [0.25, 0.3) is 0 Å². The van der Waals surface area contributed by atoms with Gasteiger partial charge in [0, 0.05) is 15.6 Å². The van der Waals surface area contributed by atoms with Crippen LogP contribution >= 0.6 is 15.9 Å². The number of hydrogen-bond donors (Lipinski definition) is 1. The molecule has 8 heteroatoms. The molecule has 1 unspecified atom stereocenters. The number of ether oxygens (including phenoxy) is 3. The Morgan fingerprint density at radius 1 is 1.07 bits per heavy atom. The van der Waals surface area contributed by atoms with E-state index in [-0.39, 0.29) is 5.75 Å². The van der Waals surface area contributed by atoms with Crippen LogP contribution in [0.25, 0.3) is 11.1 Å². The van der Waals surface area contributed by atoms with Crippen LogP contribution in [-0.4, -0.2) is 22.6 Å². The molecule has 4 rings (SSSR count). The van der Waals surface area contributed by atoms with Gasteiger partial charge in [0.05, 0.1) is 25.5 Å². The summed E-state index contributed by atoms with van der Waals surface area (Å²) in [7, 11) is -0.497. The van der Waals surface area contributed by atoms with Crippen LogP contribution in [0.15, 0.2) is 59.1 Å². The maximum Gasteiger partial charge on any atom is 0.213 e. The van der Waals surface area contributed by atoms with Crippen molar-refractivity contribution in [3.8, 4) is 28.4 Å². The Morgan fingerprint density at radius 2 is 1.83 bits per heavy atom. The molecule has 1 heterocycles. The van der Waals surface area contributed by atoms with Crippen LogP contribution in [0.4, 0.5) is 0 Å². The van der Waals surface area contributed by atoms with Gasteiger partial charge in [-0.1, -0.05) is 46.3 Å². The maximum atomic E-state index is 11.7. The number of rotatable bonds is 5. The monoisotopic (exact) mass is 489 g/mol. The highest BCUT2D eigenvalue weighted by Gasteiger charge is 2.33. The number of nitrogens with two attached hydrogens (primary N) is 1. The Bertz CT molecular complexity index is 1230. The molecule has 156 valence electrons. The summed E-state index contributed by atoms with van der Waals surface area (Å²) in [6, 6.07) is 16.9. The summed E-state index contributed by atoms with van der Waals surface area (Å²) >= 11 is 3.62. The zero-order valence-electron chi connectivity index (χ0n) is 16.4. The van der Waals surface area contributed by atoms with E-state index in [0.717, 1.165) is 22.3 Å². The third-order valence-electron chi connectivity index (χ3n) is 5.00. The molecule has 30 heavy (non-hydrogen) atoms. The highest BCUT2D eigenvalue weighted by Crippen LogP contribution is 2.51. The van der Waals surface area contributed by atoms with Crippen molar-refractivity contribution >= 4 is 26.0 Å². The number of fused-ring (bicyclic) bond motifs is 3. The Morgan fingerprint density at radius 3 is 2.53 bits per heavy atom. The van der Waals surface area contributed by atoms with Crippen LogP contribution in [0.3, 0.4) is 0 Å². The van der Waals surface area contributed by atoms with Crippen LogP contribution < -0.4 is 19.3 Å². The highest BCUT2D eigenvalue weighted by molar-refractivity contribution is 9.10. The van der Waals surface area contributed by atoms with E-state index in [1.165, 1.54) is 0 Å². The molecule has 0 aromatic heterocycles. The Hall–Kier alpha value is -2.55. The summed E-state index contributed by atoms with van der Waals surface area (Å²) in [6.07, 6.45) is -0.482. The quantitative estimate of drug-likeness (QED) is 0.573. The van der Waals surface area contributed by atoms with E-state index in [1.807, 2.05) is 48.5 Å². The molecule has 0 spiro atoms. The molecular weight excluding hydrogens is 470 g/mol. The van der Waals surface area contributed by atoms with Gasteiger partial charge < -0.3 is 14.2 Å². The van der Waals surface area contributed by atoms with E-state index in [2.05, 4.69) is 15.9 Å². The first-order chi connectivity index (χ1) is 14.3. The average Bonchev–Trinajstić information content (AvgIpc) is 2.73. The number of hydrogen-bond acceptors (Lipinski definition) is 5. The molecule has 1 aliphatic rings. The van der Waals surface area contributed by atoms with Crippen molar-refractivity contribution in [2.75, 3.05) is 14.2 Å². The van der Waals surface area contributed by atoms with Gasteiger partial charge in [-0.2, -0.15) is 0 Å². The van der Waals surface area contributed by atoms with Crippen molar-refractivity contribution in [3.63, 3.8) is 0 Å². The number of halogens is 1. The molecule has 0 saturated heterocycles. The SMILES string of the molecule is COc1cccc(C2Oc3cccc(OC)c3-c3ccc(CS(N)(=O)=O)c(Br)c32)c1. The van der Waals surface area contributed by atoms with Crippen molar-refractivity contribution in [2.24, 2.45) is 5.14 Å². The van der Waals surface area contributed by atoms with Crippen molar-refractivity contribution in [3.05, 3.63) is 75.8 Å². The molecular formula is C22H20BrNO5S. The molecule has 0 saturated carbocycles. The van der Waals surface area contributed by atoms with Gasteiger partial charge in [0.15, 0.2) is 6.10 Å². The summed E-state index contributed by atoms with van der Waals surface area (Å²) in [4.78, 5) is 0. The molecule has 0 bridgehead atoms. The second kappa shape index (κ2) is 7.94. The third kappa shape index (κ3) is 3.78. The van der Waals surface area contributed by atoms with Crippen LogP contribution in [0.1, 0.15) is 22.8 Å². The third-order valence-corrected chi connectivity index (χ3v) is 6.65. The summed E-state index contributed by atoms with van der Waals surface area (Å²) in [5, 5.41) is 5.30. The largest absolute Gasteiger partial charge is 0.497 e. The summed E-state index contributed by atoms with van der Waals surface area (Å²) in [5.41, 5.74) is 3.95. The minimum atomic E-state index is -3.71. The van der Waals surface area contributed by atoms with Crippen molar-refractivity contribution in [2.45, 2.75) is 11.9 Å². The van der Waals surface area contributed by atoms with Gasteiger partial charge in [0.2, 0.25) is 10.0 Å². The lowest BCUT2D eigenvalue weighted by Crippen LogP contribution is -2.19. The van der Waals surface area contributed by atoms with Crippen molar-refractivity contribution < 1.29 is 22.6 Å². The van der Waals surface area contributed by atoms with E-state index < -0.39 is 16.1 Å². The second-order valence-corrected chi connectivity index (χ2v) is 9.32. The van der Waals surface area contributed by atoms with Gasteiger partial charge in [-0.05, 0) is 35.4 Å². The van der Waals surface area contributed by atoms with Gasteiger partial charge in [0.1, 0.15) is 17.2 Å². The molecule has 3 aromatic carbocycles. The van der Waals surface area contributed by atoms with Gasteiger partial charge in [-0.3, -0.25) is 0 Å². The zero-order chi connectivity index (χ0) is 21.5. The van der Waals surface area contributed by atoms with Crippen LogP contribution in [0, 0.1) is 0 Å². The minimum Gasteiger partial charge on any atom is -0.497 e. The van der Waals surface area contributed by atoms with E-state index in [1.54, 1.807) is 20.3 Å². The molecule has 2 N–H and O–H groups in total. The average molecular weight is 490 g/mol. The first kappa shape index (κ1) is 20.7. The van der Waals surface area contributed by atoms with Crippen LogP contribution in [-0.2, 0) is 15.8 Å². The summed E-state index contributed by atoms with van der Waals surface area (Å²) in [6.45, 7) is 0. The Kier molecular flexibility index (Phi) is 5.48. The van der Waals surface area contributed by atoms with E-state index in [9.17, 15) is 8.42 Å². The topological polar surface area (TPSA) is 87.8 Å². The molecule has 0 amide bonds. The summed E-state index contributed by atoms with van der Waals surface area (Å²) in [5.74, 6) is 1.76. The lowest BCUT2D eigenvalue weighted by Gasteiger charge is -2.31. The molecule has 0 radical (unpaired) electrons. The van der Waals surface area contributed by atoms with Crippen LogP contribution in [0.2, 0.25) is 0 Å². The Labute approximate surface area is 183 Å². The fourth-order valence-corrected chi connectivity index (χ4v) is 5.26. The van der Waals surface area contributed by atoms with Crippen molar-refractivity contribution in [1.29, 1.82) is 0 Å². The fourth-order valence-electron chi connectivity index (χ4n) is 3.71. The first-order valence-corrected chi connectivity index (χ1v) is 11.6. The van der Waals surface area contributed by atoms with Gasteiger partial charge in [-0.15, -0.1) is 0 Å². The summed E-state index contributed by atoms with van der Waals surface area (Å²) < 4.78 is 41.5. The molecule has 1 atom stereocenters. The van der Waals surface area contributed by atoms with E-state index >= 15 is 0 Å². The predicted molar refractivity (Wildman–Crippen MR) is 118 cm³/mol. The molecule has 6 nitrogen and oxygen atoms in total. The minimum absolute atomic E-state index is 0.287. The van der Waals surface area contributed by atoms with Gasteiger partial charge >= 0.3 is 0 Å². The first-order valence-electron chi connectivity index (χ1n) is 9.12. The molecule has 3 aromatic rings. The fraction of sp³-hybridized carbons (Fsp3) is 0.182. The van der Waals surface area contributed by atoms with Crippen LogP contribution in [0.5, 0.6) is 17.2 Å². The number of benzene rings is 3. The maximum absolute atomic E-state index is 11.7. The number of sulfonamides is 1. The standard InChI is InChI=1S/C22H20BrNO5S/c1-27-15-6-3-5-13(11-15)22-20-16(10-9-14(21(20)23)12-30(24,25)26)19-17(28-2)7-4-8-18(19)29-22/h3-11,22H,12H2,1-2H3,(H2,24,25,26).